The summed E-state index contributed by atoms with van der Waals surface area (Å²) < 4.78 is 21.6. The van der Waals surface area contributed by atoms with E-state index in [4.69, 9.17) is 17.0 Å². The highest BCUT2D eigenvalue weighted by Gasteiger charge is 2.32. The second kappa shape index (κ2) is 8.44. The second-order valence-electron chi connectivity index (χ2n) is 6.63. The molecular weight excluding hydrogens is 437 g/mol. The maximum Gasteiger partial charge on any atom is 0.269 e. The molecule has 156 valence electrons. The summed E-state index contributed by atoms with van der Waals surface area (Å²) in [7, 11) is 0. The summed E-state index contributed by atoms with van der Waals surface area (Å²) in [6.45, 7) is 5.69. The molecule has 3 aromatic rings. The number of rotatable bonds is 5. The molecular formula is C22H16FN3O3S2. The van der Waals surface area contributed by atoms with Crippen molar-refractivity contribution in [3.8, 4) is 11.6 Å². The zero-order valence-corrected chi connectivity index (χ0v) is 18.0. The molecule has 1 fully saturated rings. The van der Waals surface area contributed by atoms with E-state index in [-0.39, 0.29) is 34.6 Å². The second-order valence-corrected chi connectivity index (χ2v) is 8.31. The Morgan fingerprint density at radius 2 is 2.03 bits per heavy atom. The van der Waals surface area contributed by atoms with E-state index in [0.29, 0.717) is 9.97 Å². The highest BCUT2D eigenvalue weighted by molar-refractivity contribution is 8.26. The standard InChI is InChI=1S/C22H16FN3O3S2/c1-3-10-26-21(28)17(31-22(26)30)12-14-19(29-16-9-5-4-8-15(16)23)24-18-13(2)7-6-11-25(18)20(14)27/h3-9,11-12H,1,10H2,2H3/b17-12+. The molecule has 6 nitrogen and oxygen atoms in total. The van der Waals surface area contributed by atoms with Crippen LogP contribution in [-0.4, -0.2) is 31.1 Å². The Morgan fingerprint density at radius 1 is 1.26 bits per heavy atom. The van der Waals surface area contributed by atoms with E-state index in [1.165, 1.54) is 33.6 Å². The molecule has 1 amide bonds. The molecule has 9 heteroatoms. The maximum absolute atomic E-state index is 14.2. The van der Waals surface area contributed by atoms with Gasteiger partial charge in [0.2, 0.25) is 5.88 Å². The largest absolute Gasteiger partial charge is 0.435 e. The number of benzene rings is 1. The Hall–Kier alpha value is -3.30. The van der Waals surface area contributed by atoms with E-state index < -0.39 is 11.4 Å². The summed E-state index contributed by atoms with van der Waals surface area (Å²) in [6.07, 6.45) is 4.53. The number of pyridine rings is 1. The van der Waals surface area contributed by atoms with Gasteiger partial charge in [-0.15, -0.1) is 6.58 Å². The van der Waals surface area contributed by atoms with Crippen LogP contribution >= 0.6 is 24.0 Å². The lowest BCUT2D eigenvalue weighted by Crippen LogP contribution is -2.28. The van der Waals surface area contributed by atoms with Crippen molar-refractivity contribution in [2.24, 2.45) is 0 Å². The lowest BCUT2D eigenvalue weighted by atomic mass is 10.2. The van der Waals surface area contributed by atoms with E-state index in [2.05, 4.69) is 11.6 Å². The van der Waals surface area contributed by atoms with Gasteiger partial charge in [-0.2, -0.15) is 4.98 Å². The molecule has 1 aliphatic rings. The number of thioether (sulfide) groups is 1. The fourth-order valence-corrected chi connectivity index (χ4v) is 4.30. The van der Waals surface area contributed by atoms with Gasteiger partial charge >= 0.3 is 0 Å². The number of carbonyl (C=O) groups is 1. The van der Waals surface area contributed by atoms with Crippen LogP contribution in [0.3, 0.4) is 0 Å². The lowest BCUT2D eigenvalue weighted by molar-refractivity contribution is -0.121. The minimum Gasteiger partial charge on any atom is -0.435 e. The van der Waals surface area contributed by atoms with Crippen molar-refractivity contribution in [3.05, 3.63) is 87.5 Å². The van der Waals surface area contributed by atoms with Gasteiger partial charge in [-0.3, -0.25) is 18.9 Å². The molecule has 1 aliphatic heterocycles. The van der Waals surface area contributed by atoms with Crippen LogP contribution in [0.25, 0.3) is 11.7 Å². The van der Waals surface area contributed by atoms with Crippen LogP contribution in [0.15, 0.2) is 64.9 Å². The molecule has 0 aliphatic carbocycles. The molecule has 0 unspecified atom stereocenters. The molecule has 31 heavy (non-hydrogen) atoms. The van der Waals surface area contributed by atoms with Crippen LogP contribution in [0.2, 0.25) is 0 Å². The van der Waals surface area contributed by atoms with Crippen molar-refractivity contribution >= 4 is 45.9 Å². The van der Waals surface area contributed by atoms with Gasteiger partial charge in [0.15, 0.2) is 11.6 Å². The third-order valence-electron chi connectivity index (χ3n) is 4.55. The minimum atomic E-state index is -0.600. The molecule has 0 saturated carbocycles. The predicted molar refractivity (Wildman–Crippen MR) is 123 cm³/mol. The summed E-state index contributed by atoms with van der Waals surface area (Å²) >= 11 is 6.33. The van der Waals surface area contributed by atoms with Gasteiger partial charge in [0.05, 0.1) is 4.91 Å². The molecule has 0 atom stereocenters. The van der Waals surface area contributed by atoms with Crippen LogP contribution in [0.1, 0.15) is 11.1 Å². The van der Waals surface area contributed by atoms with Crippen LogP contribution in [0.4, 0.5) is 4.39 Å². The predicted octanol–water partition coefficient (Wildman–Crippen LogP) is 4.32. The smallest absolute Gasteiger partial charge is 0.269 e. The zero-order valence-electron chi connectivity index (χ0n) is 16.4. The molecule has 1 aromatic carbocycles. The number of para-hydroxylation sites is 1. The summed E-state index contributed by atoms with van der Waals surface area (Å²) in [5.74, 6) is -1.13. The van der Waals surface area contributed by atoms with Crippen molar-refractivity contribution in [2.75, 3.05) is 6.54 Å². The lowest BCUT2D eigenvalue weighted by Gasteiger charge is -2.12. The average Bonchev–Trinajstić information content (AvgIpc) is 3.01. The van der Waals surface area contributed by atoms with Crippen molar-refractivity contribution in [2.45, 2.75) is 6.92 Å². The average molecular weight is 454 g/mol. The monoisotopic (exact) mass is 453 g/mol. The van der Waals surface area contributed by atoms with E-state index in [1.54, 1.807) is 37.4 Å². The van der Waals surface area contributed by atoms with Gasteiger partial charge < -0.3 is 4.74 Å². The number of hydrogen-bond acceptors (Lipinski definition) is 6. The molecule has 0 radical (unpaired) electrons. The first kappa shape index (κ1) is 21.0. The zero-order chi connectivity index (χ0) is 22.1. The Labute approximate surface area is 186 Å². The third-order valence-corrected chi connectivity index (χ3v) is 5.93. The number of thiocarbonyl (C=S) groups is 1. The van der Waals surface area contributed by atoms with Crippen LogP contribution in [0.5, 0.6) is 11.6 Å². The van der Waals surface area contributed by atoms with Crippen molar-refractivity contribution in [3.63, 3.8) is 0 Å². The Bertz CT molecular complexity index is 1330. The topological polar surface area (TPSA) is 63.9 Å². The summed E-state index contributed by atoms with van der Waals surface area (Å²) in [4.78, 5) is 32.1. The Kier molecular flexibility index (Phi) is 5.71. The quantitative estimate of drug-likeness (QED) is 0.326. The minimum absolute atomic E-state index is 0.0189. The maximum atomic E-state index is 14.2. The Balaban J connectivity index is 1.91. The van der Waals surface area contributed by atoms with Gasteiger partial charge in [0, 0.05) is 12.7 Å². The number of halogens is 1. The number of aryl methyl sites for hydroxylation is 1. The van der Waals surface area contributed by atoms with E-state index in [0.717, 1.165) is 17.3 Å². The highest BCUT2D eigenvalue weighted by atomic mass is 32.2. The van der Waals surface area contributed by atoms with E-state index >= 15 is 0 Å². The van der Waals surface area contributed by atoms with Crippen LogP contribution in [-0.2, 0) is 4.79 Å². The van der Waals surface area contributed by atoms with Crippen molar-refractivity contribution in [1.82, 2.24) is 14.3 Å². The summed E-state index contributed by atoms with van der Waals surface area (Å²) in [5.41, 5.74) is 0.677. The number of ether oxygens (including phenoxy) is 1. The SMILES string of the molecule is C=CCN1C(=O)/C(=C\c2c(Oc3ccccc3F)nc3c(C)cccn3c2=O)SC1=S. The molecule has 0 N–H and O–H groups in total. The summed E-state index contributed by atoms with van der Waals surface area (Å²) in [6, 6.07) is 9.34. The highest BCUT2D eigenvalue weighted by Crippen LogP contribution is 2.34. The van der Waals surface area contributed by atoms with Gasteiger partial charge in [0.25, 0.3) is 11.5 Å². The molecule has 0 spiro atoms. The van der Waals surface area contributed by atoms with Gasteiger partial charge in [-0.05, 0) is 36.8 Å². The van der Waals surface area contributed by atoms with Crippen LogP contribution < -0.4 is 10.3 Å². The van der Waals surface area contributed by atoms with Crippen molar-refractivity contribution in [1.29, 1.82) is 0 Å². The molecule has 4 rings (SSSR count). The van der Waals surface area contributed by atoms with E-state index in [9.17, 15) is 14.0 Å². The number of carbonyl (C=O) groups excluding carboxylic acids is 1. The van der Waals surface area contributed by atoms with Gasteiger partial charge in [-0.25, -0.2) is 4.39 Å². The first-order chi connectivity index (χ1) is 14.9. The van der Waals surface area contributed by atoms with E-state index in [1.807, 2.05) is 0 Å². The fraction of sp³-hybridized carbons (Fsp3) is 0.0909. The number of nitrogens with zero attached hydrogens (tertiary/aromatic N) is 3. The first-order valence-electron chi connectivity index (χ1n) is 9.21. The Morgan fingerprint density at radius 3 is 2.77 bits per heavy atom. The summed E-state index contributed by atoms with van der Waals surface area (Å²) in [5, 5.41) is 0. The van der Waals surface area contributed by atoms with Gasteiger partial charge in [-0.1, -0.05) is 48.3 Å². The third kappa shape index (κ3) is 3.89. The fourth-order valence-electron chi connectivity index (χ4n) is 3.04. The number of amides is 1. The number of fused-ring (bicyclic) bond motifs is 1. The molecule has 3 heterocycles. The number of hydrogen-bond donors (Lipinski definition) is 0. The van der Waals surface area contributed by atoms with Crippen LogP contribution in [0, 0.1) is 12.7 Å². The number of aromatic nitrogens is 2. The first-order valence-corrected chi connectivity index (χ1v) is 10.4. The molecule has 2 aromatic heterocycles. The molecule has 0 bridgehead atoms. The molecule has 1 saturated heterocycles. The van der Waals surface area contributed by atoms with Gasteiger partial charge in [0.1, 0.15) is 15.5 Å². The van der Waals surface area contributed by atoms with Crippen molar-refractivity contribution < 1.29 is 13.9 Å². The normalized spacial score (nSPS) is 15.2.